The lowest BCUT2D eigenvalue weighted by Crippen LogP contribution is -2.46. The van der Waals surface area contributed by atoms with Crippen LogP contribution in [0.15, 0.2) is 30.3 Å². The third kappa shape index (κ3) is 3.73. The smallest absolute Gasteiger partial charge is 0.340 e. The lowest BCUT2D eigenvalue weighted by atomic mass is 9.95. The Morgan fingerprint density at radius 3 is 2.59 bits per heavy atom. The van der Waals surface area contributed by atoms with Gasteiger partial charge >= 0.3 is 5.97 Å². The number of ether oxygens (including phenoxy) is 3. The van der Waals surface area contributed by atoms with Gasteiger partial charge in [-0.05, 0) is 49.7 Å². The lowest BCUT2D eigenvalue weighted by Gasteiger charge is -2.39. The summed E-state index contributed by atoms with van der Waals surface area (Å²) in [7, 11) is 7.69. The third-order valence-corrected chi connectivity index (χ3v) is 6.85. The zero-order valence-corrected chi connectivity index (χ0v) is 19.9. The molecule has 0 aliphatic carbocycles. The van der Waals surface area contributed by atoms with Crippen LogP contribution in [0.5, 0.6) is 11.5 Å². The Kier molecular flexibility index (Phi) is 5.91. The largest absolute Gasteiger partial charge is 0.497 e. The molecule has 0 saturated carbocycles. The molecule has 2 aromatic carbocycles. The summed E-state index contributed by atoms with van der Waals surface area (Å²) < 4.78 is 19.5. The van der Waals surface area contributed by atoms with E-state index in [0.717, 1.165) is 64.2 Å². The van der Waals surface area contributed by atoms with Crippen LogP contribution in [0.1, 0.15) is 39.7 Å². The highest BCUT2D eigenvalue weighted by Crippen LogP contribution is 2.38. The number of esters is 1. The lowest BCUT2D eigenvalue weighted by molar-refractivity contribution is -0.937. The predicted molar refractivity (Wildman–Crippen MR) is 125 cm³/mol. The Labute approximate surface area is 189 Å². The molecule has 6 heteroatoms. The molecule has 1 unspecified atom stereocenters. The SMILES string of the molecule is CCOC(=O)c1c(C)n(C)c2ccc(OC)c(C[N+]3(C)CCc4cc(OC)ccc4C3)c12. The Morgan fingerprint density at radius 2 is 1.91 bits per heavy atom. The molecule has 0 bridgehead atoms. The van der Waals surface area contributed by atoms with E-state index in [1.165, 1.54) is 11.1 Å². The molecular weight excluding hydrogens is 404 g/mol. The fraction of sp³-hybridized carbons (Fsp3) is 0.423. The van der Waals surface area contributed by atoms with E-state index >= 15 is 0 Å². The molecule has 1 aliphatic rings. The summed E-state index contributed by atoms with van der Waals surface area (Å²) in [5.74, 6) is 1.45. The highest BCUT2D eigenvalue weighted by atomic mass is 16.5. The van der Waals surface area contributed by atoms with Gasteiger partial charge in [0.15, 0.2) is 0 Å². The summed E-state index contributed by atoms with van der Waals surface area (Å²) in [5.41, 5.74) is 6.35. The minimum absolute atomic E-state index is 0.274. The van der Waals surface area contributed by atoms with Crippen molar-refractivity contribution < 1.29 is 23.5 Å². The number of rotatable bonds is 6. The third-order valence-electron chi connectivity index (χ3n) is 6.85. The van der Waals surface area contributed by atoms with Crippen LogP contribution in [0.3, 0.4) is 0 Å². The Morgan fingerprint density at radius 1 is 1.12 bits per heavy atom. The minimum Gasteiger partial charge on any atom is -0.497 e. The number of likely N-dealkylation sites (N-methyl/N-ethyl adjacent to an activating group) is 1. The molecule has 1 aromatic heterocycles. The van der Waals surface area contributed by atoms with Gasteiger partial charge in [0.05, 0.1) is 45.5 Å². The van der Waals surface area contributed by atoms with E-state index in [1.54, 1.807) is 14.2 Å². The second-order valence-electron chi connectivity index (χ2n) is 8.92. The first-order valence-corrected chi connectivity index (χ1v) is 11.1. The molecule has 1 aliphatic heterocycles. The van der Waals surface area contributed by atoms with Gasteiger partial charge in [-0.25, -0.2) is 4.79 Å². The van der Waals surface area contributed by atoms with Crippen molar-refractivity contribution in [3.63, 3.8) is 0 Å². The molecule has 1 atom stereocenters. The van der Waals surface area contributed by atoms with Gasteiger partial charge in [0.2, 0.25) is 0 Å². The van der Waals surface area contributed by atoms with Gasteiger partial charge in [-0.15, -0.1) is 0 Å². The van der Waals surface area contributed by atoms with E-state index in [2.05, 4.69) is 23.7 Å². The minimum atomic E-state index is -0.274. The number of hydrogen-bond donors (Lipinski definition) is 0. The monoisotopic (exact) mass is 437 g/mol. The number of aryl methyl sites for hydroxylation is 1. The molecule has 0 fully saturated rings. The molecule has 4 rings (SSSR count). The number of hydrogen-bond acceptors (Lipinski definition) is 4. The molecular formula is C26H33N2O4+. The van der Waals surface area contributed by atoms with Crippen molar-refractivity contribution >= 4 is 16.9 Å². The second kappa shape index (κ2) is 8.51. The maximum atomic E-state index is 12.9. The molecule has 2 heterocycles. The first-order chi connectivity index (χ1) is 15.3. The van der Waals surface area contributed by atoms with E-state index in [-0.39, 0.29) is 5.97 Å². The standard InChI is InChI=1S/C26H33N2O4/c1-7-32-26(29)24-17(2)27(3)22-10-11-23(31-6)21(25(22)24)16-28(4)13-12-18-14-20(30-5)9-8-19(18)15-28/h8-11,14H,7,12-13,15-16H2,1-6H3/q+1. The quantitative estimate of drug-likeness (QED) is 0.424. The van der Waals surface area contributed by atoms with Crippen molar-refractivity contribution in [1.82, 2.24) is 4.57 Å². The van der Waals surface area contributed by atoms with Crippen LogP contribution in [0.2, 0.25) is 0 Å². The molecule has 0 spiro atoms. The van der Waals surface area contributed by atoms with Gasteiger partial charge in [-0.2, -0.15) is 0 Å². The number of quaternary nitrogens is 1. The normalized spacial score (nSPS) is 17.8. The average molecular weight is 438 g/mol. The number of nitrogens with zero attached hydrogens (tertiary/aromatic N) is 2. The van der Waals surface area contributed by atoms with Crippen LogP contribution in [0, 0.1) is 6.92 Å². The molecule has 0 saturated heterocycles. The second-order valence-corrected chi connectivity index (χ2v) is 8.92. The van der Waals surface area contributed by atoms with E-state index in [9.17, 15) is 4.79 Å². The number of fused-ring (bicyclic) bond motifs is 2. The van der Waals surface area contributed by atoms with Crippen molar-refractivity contribution in [3.8, 4) is 11.5 Å². The van der Waals surface area contributed by atoms with Crippen LogP contribution in [-0.4, -0.2) is 49.4 Å². The molecule has 6 nitrogen and oxygen atoms in total. The molecule has 170 valence electrons. The van der Waals surface area contributed by atoms with Crippen molar-refractivity contribution in [3.05, 3.63) is 58.3 Å². The van der Waals surface area contributed by atoms with Crippen molar-refractivity contribution in [2.24, 2.45) is 7.05 Å². The topological polar surface area (TPSA) is 49.7 Å². The fourth-order valence-electron chi connectivity index (χ4n) is 5.02. The van der Waals surface area contributed by atoms with E-state index < -0.39 is 0 Å². The molecule has 0 radical (unpaired) electrons. The number of methoxy groups -OCH3 is 2. The van der Waals surface area contributed by atoms with Gasteiger partial charge < -0.3 is 23.3 Å². The maximum absolute atomic E-state index is 12.9. The number of benzene rings is 2. The zero-order chi connectivity index (χ0) is 23.0. The molecule has 3 aromatic rings. The Hall–Kier alpha value is -2.99. The van der Waals surface area contributed by atoms with E-state index in [1.807, 2.05) is 39.1 Å². The summed E-state index contributed by atoms with van der Waals surface area (Å²) in [5, 5.41) is 0.947. The molecule has 0 amide bonds. The zero-order valence-electron chi connectivity index (χ0n) is 19.9. The maximum Gasteiger partial charge on any atom is 0.340 e. The van der Waals surface area contributed by atoms with Crippen molar-refractivity contribution in [1.29, 1.82) is 0 Å². The van der Waals surface area contributed by atoms with Crippen LogP contribution >= 0.6 is 0 Å². The van der Waals surface area contributed by atoms with Gasteiger partial charge in [0.1, 0.15) is 24.6 Å². The highest BCUT2D eigenvalue weighted by Gasteiger charge is 2.33. The van der Waals surface area contributed by atoms with Gasteiger partial charge in [-0.3, -0.25) is 0 Å². The highest BCUT2D eigenvalue weighted by molar-refractivity contribution is 6.07. The summed E-state index contributed by atoms with van der Waals surface area (Å²) in [4.78, 5) is 12.9. The van der Waals surface area contributed by atoms with Crippen LogP contribution in [0.25, 0.3) is 10.9 Å². The first-order valence-electron chi connectivity index (χ1n) is 11.1. The number of aromatic nitrogens is 1. The van der Waals surface area contributed by atoms with E-state index in [4.69, 9.17) is 14.2 Å². The van der Waals surface area contributed by atoms with Crippen molar-refractivity contribution in [2.75, 3.05) is 34.4 Å². The number of carbonyl (C=O) groups is 1. The average Bonchev–Trinajstić information content (AvgIpc) is 3.04. The number of carbonyl (C=O) groups excluding carboxylic acids is 1. The van der Waals surface area contributed by atoms with Gasteiger partial charge in [0.25, 0.3) is 0 Å². The van der Waals surface area contributed by atoms with Gasteiger partial charge in [0, 0.05) is 35.6 Å². The molecule has 32 heavy (non-hydrogen) atoms. The summed E-state index contributed by atoms with van der Waals surface area (Å²) in [6.07, 6.45) is 0.986. The summed E-state index contributed by atoms with van der Waals surface area (Å²) in [6.45, 7) is 6.85. The Balaban J connectivity index is 1.81. The molecule has 0 N–H and O–H groups in total. The predicted octanol–water partition coefficient (Wildman–Crippen LogP) is 4.38. The van der Waals surface area contributed by atoms with Gasteiger partial charge in [-0.1, -0.05) is 0 Å². The first kappa shape index (κ1) is 22.2. The Bertz CT molecular complexity index is 1180. The van der Waals surface area contributed by atoms with Crippen LogP contribution in [-0.2, 0) is 31.3 Å². The summed E-state index contributed by atoms with van der Waals surface area (Å²) >= 11 is 0. The van der Waals surface area contributed by atoms with Crippen molar-refractivity contribution in [2.45, 2.75) is 33.4 Å². The van der Waals surface area contributed by atoms with Crippen LogP contribution in [0.4, 0.5) is 0 Å². The van der Waals surface area contributed by atoms with E-state index in [0.29, 0.717) is 12.2 Å². The summed E-state index contributed by atoms with van der Waals surface area (Å²) in [6, 6.07) is 10.4. The van der Waals surface area contributed by atoms with Crippen LogP contribution < -0.4 is 9.47 Å². The fourth-order valence-corrected chi connectivity index (χ4v) is 5.02.